The van der Waals surface area contributed by atoms with Crippen LogP contribution in [0.3, 0.4) is 0 Å². The number of likely N-dealkylation sites (N-methyl/N-ethyl adjacent to an activating group) is 3. The summed E-state index contributed by atoms with van der Waals surface area (Å²) in [7, 11) is 4.32. The van der Waals surface area contributed by atoms with Crippen molar-refractivity contribution in [3.63, 3.8) is 0 Å². The number of carbonyl (C=O) groups is 11. The third kappa shape index (κ3) is 21.8. The van der Waals surface area contributed by atoms with Crippen molar-refractivity contribution in [3.8, 4) is 0 Å². The third-order valence-corrected chi connectivity index (χ3v) is 14.3. The maximum Gasteiger partial charge on any atom is 0.245 e. The molecule has 1 fully saturated rings. The van der Waals surface area contributed by atoms with E-state index in [-0.39, 0.29) is 75.4 Å². The van der Waals surface area contributed by atoms with Gasteiger partial charge in [-0.1, -0.05) is 102 Å². The fourth-order valence-corrected chi connectivity index (χ4v) is 9.25. The first-order valence-corrected chi connectivity index (χ1v) is 27.7. The van der Waals surface area contributed by atoms with Gasteiger partial charge in [-0.05, 0) is 62.2 Å². The average Bonchev–Trinajstić information content (AvgIpc) is 3.34. The van der Waals surface area contributed by atoms with Crippen LogP contribution in [0, 0.1) is 35.5 Å². The van der Waals surface area contributed by atoms with Crippen LogP contribution in [0.25, 0.3) is 0 Å². The van der Waals surface area contributed by atoms with Gasteiger partial charge in [-0.3, -0.25) is 52.7 Å². The minimum Gasteiger partial charge on any atom is -0.391 e. The normalized spacial score (nSPS) is 26.9. The standard InChI is InChI=1S/C54H97N11O12/c1-18-32(10)42-54(77)63(15)44(31(8)9)50(73)58-35(13)47(70)55-24-21-39(67)60-38(28-30(6)7)53(76)65(17)46(34(12)20-3)51(74)62-43(36(14)66)48(71)56-25-22-40(68)59-37(27-29(4)5)52(75)64(16)45(33(11)19-2)49(72)57-26-23-41(69)61-42/h29-38,42-46,66H,18-28H2,1-17H3,(H,55,70)(H,56,71)(H,57,72)(H,58,73)(H,59,68)(H,60,67)(H,61,69)(H,62,74). The zero-order chi connectivity index (χ0) is 59.2. The van der Waals surface area contributed by atoms with Crippen molar-refractivity contribution in [3.05, 3.63) is 0 Å². The van der Waals surface area contributed by atoms with Crippen LogP contribution in [0.1, 0.15) is 148 Å². The first-order chi connectivity index (χ1) is 35.9. The van der Waals surface area contributed by atoms with Crippen LogP contribution in [0.15, 0.2) is 0 Å². The van der Waals surface area contributed by atoms with Crippen molar-refractivity contribution in [1.29, 1.82) is 0 Å². The molecule has 0 aromatic carbocycles. The SMILES string of the molecule is CCC(C)C1NC(=O)CCNC(=O)C(C(C)CC)N(C)C(=O)C(CC(C)C)NC(=O)CCNC(=O)C(C(C)O)NC(=O)C(C(C)CC)N(C)C(=O)C(CC(C)C)NC(=O)CCNC(=O)C(C)NC(=O)C(C(C)C)N(C)C1=O. The van der Waals surface area contributed by atoms with Gasteiger partial charge in [0.25, 0.3) is 0 Å². The van der Waals surface area contributed by atoms with E-state index in [1.807, 2.05) is 48.5 Å². The molecule has 11 amide bonds. The zero-order valence-electron chi connectivity index (χ0n) is 49.2. The molecule has 0 aromatic heterocycles. The van der Waals surface area contributed by atoms with E-state index in [1.54, 1.807) is 34.6 Å². The van der Waals surface area contributed by atoms with Crippen molar-refractivity contribution < 1.29 is 57.8 Å². The van der Waals surface area contributed by atoms with Gasteiger partial charge in [-0.15, -0.1) is 0 Å². The topological polar surface area (TPSA) is 314 Å². The molecule has 0 spiro atoms. The molecule has 9 N–H and O–H groups in total. The fourth-order valence-electron chi connectivity index (χ4n) is 9.25. The second-order valence-corrected chi connectivity index (χ2v) is 22.2. The second kappa shape index (κ2) is 33.4. The molecular formula is C54H97N11O12. The third-order valence-electron chi connectivity index (χ3n) is 14.3. The molecule has 77 heavy (non-hydrogen) atoms. The highest BCUT2D eigenvalue weighted by molar-refractivity contribution is 5.97. The van der Waals surface area contributed by atoms with Crippen molar-refractivity contribution in [2.24, 2.45) is 35.5 Å². The largest absolute Gasteiger partial charge is 0.391 e. The lowest BCUT2D eigenvalue weighted by Gasteiger charge is -2.35. The Hall–Kier alpha value is -5.87. The van der Waals surface area contributed by atoms with Gasteiger partial charge >= 0.3 is 0 Å². The number of aliphatic hydroxyl groups is 1. The summed E-state index contributed by atoms with van der Waals surface area (Å²) in [6.07, 6.45) is -0.438. The Balaban J connectivity index is 3.76. The van der Waals surface area contributed by atoms with Gasteiger partial charge in [-0.2, -0.15) is 0 Å². The van der Waals surface area contributed by atoms with Crippen LogP contribution in [0.4, 0.5) is 0 Å². The molecule has 12 unspecified atom stereocenters. The maximum atomic E-state index is 14.2. The lowest BCUT2D eigenvalue weighted by Crippen LogP contribution is -2.61. The highest BCUT2D eigenvalue weighted by Crippen LogP contribution is 2.21. The Morgan fingerprint density at radius 1 is 0.442 bits per heavy atom. The summed E-state index contributed by atoms with van der Waals surface area (Å²) in [5.41, 5.74) is 0. The predicted octanol–water partition coefficient (Wildman–Crippen LogP) is 0.711. The van der Waals surface area contributed by atoms with Crippen LogP contribution in [-0.2, 0) is 52.7 Å². The molecule has 0 bridgehead atoms. The first-order valence-electron chi connectivity index (χ1n) is 27.7. The summed E-state index contributed by atoms with van der Waals surface area (Å²) >= 11 is 0. The van der Waals surface area contributed by atoms with Gasteiger partial charge < -0.3 is 62.3 Å². The number of nitrogens with zero attached hydrogens (tertiary/aromatic N) is 3. The molecule has 1 saturated heterocycles. The van der Waals surface area contributed by atoms with Crippen molar-refractivity contribution in [2.45, 2.75) is 203 Å². The van der Waals surface area contributed by atoms with E-state index in [1.165, 1.54) is 49.7 Å². The van der Waals surface area contributed by atoms with Crippen molar-refractivity contribution in [1.82, 2.24) is 57.2 Å². The van der Waals surface area contributed by atoms with Crippen LogP contribution in [-0.4, -0.2) is 180 Å². The number of nitrogens with one attached hydrogen (secondary N) is 8. The van der Waals surface area contributed by atoms with Gasteiger partial charge in [0.1, 0.15) is 48.3 Å². The van der Waals surface area contributed by atoms with Crippen LogP contribution >= 0.6 is 0 Å². The molecule has 1 rings (SSSR count). The number of carbonyl (C=O) groups excluding carboxylic acids is 11. The van der Waals surface area contributed by atoms with E-state index < -0.39 is 131 Å². The Morgan fingerprint density at radius 3 is 1.19 bits per heavy atom. The minimum absolute atomic E-state index is 0.0816. The molecule has 440 valence electrons. The minimum atomic E-state index is -1.51. The van der Waals surface area contributed by atoms with E-state index in [0.29, 0.717) is 19.3 Å². The van der Waals surface area contributed by atoms with Crippen LogP contribution in [0.2, 0.25) is 0 Å². The molecule has 23 heteroatoms. The molecule has 0 aromatic rings. The first kappa shape index (κ1) is 69.1. The molecule has 1 aliphatic heterocycles. The molecular weight excluding hydrogens is 995 g/mol. The lowest BCUT2D eigenvalue weighted by molar-refractivity contribution is -0.145. The van der Waals surface area contributed by atoms with Crippen LogP contribution in [0.5, 0.6) is 0 Å². The van der Waals surface area contributed by atoms with E-state index in [0.717, 1.165) is 0 Å². The van der Waals surface area contributed by atoms with Crippen LogP contribution < -0.4 is 42.5 Å². The van der Waals surface area contributed by atoms with Gasteiger partial charge in [0.05, 0.1) is 6.10 Å². The van der Waals surface area contributed by atoms with E-state index >= 15 is 0 Å². The lowest BCUT2D eigenvalue weighted by atomic mass is 9.94. The van der Waals surface area contributed by atoms with Gasteiger partial charge in [0, 0.05) is 60.0 Å². The molecule has 23 nitrogen and oxygen atoms in total. The second-order valence-electron chi connectivity index (χ2n) is 22.2. The molecule has 12 atom stereocenters. The summed E-state index contributed by atoms with van der Waals surface area (Å²) in [5.74, 6) is -8.66. The predicted molar refractivity (Wildman–Crippen MR) is 292 cm³/mol. The number of amides is 11. The maximum absolute atomic E-state index is 14.2. The Bertz CT molecular complexity index is 2020. The quantitative estimate of drug-likeness (QED) is 0.131. The van der Waals surface area contributed by atoms with Gasteiger partial charge in [-0.25, -0.2) is 0 Å². The highest BCUT2D eigenvalue weighted by atomic mass is 16.3. The smallest absolute Gasteiger partial charge is 0.245 e. The monoisotopic (exact) mass is 1090 g/mol. The highest BCUT2D eigenvalue weighted by Gasteiger charge is 2.40. The zero-order valence-corrected chi connectivity index (χ0v) is 49.2. The molecule has 0 saturated carbocycles. The summed E-state index contributed by atoms with van der Waals surface area (Å²) in [6.45, 7) is 23.9. The number of rotatable bonds is 12. The summed E-state index contributed by atoms with van der Waals surface area (Å²) < 4.78 is 0. The van der Waals surface area contributed by atoms with E-state index in [9.17, 15) is 57.8 Å². The van der Waals surface area contributed by atoms with Crippen molar-refractivity contribution in [2.75, 3.05) is 40.8 Å². The molecule has 1 heterocycles. The van der Waals surface area contributed by atoms with E-state index in [2.05, 4.69) is 42.5 Å². The number of hydrogen-bond acceptors (Lipinski definition) is 12. The summed E-state index contributed by atoms with van der Waals surface area (Å²) in [6, 6.07) is -9.12. The molecule has 1 aliphatic rings. The Kier molecular flexibility index (Phi) is 30.0. The van der Waals surface area contributed by atoms with Gasteiger partial charge in [0.2, 0.25) is 65.0 Å². The fraction of sp³-hybridized carbons (Fsp3) is 0.796. The molecule has 0 aliphatic carbocycles. The Labute approximate surface area is 457 Å². The van der Waals surface area contributed by atoms with Crippen molar-refractivity contribution >= 4 is 65.0 Å². The number of aliphatic hydroxyl groups excluding tert-OH is 1. The summed E-state index contributed by atoms with van der Waals surface area (Å²) in [5, 5.41) is 32.3. The Morgan fingerprint density at radius 2 is 0.805 bits per heavy atom. The molecule has 0 radical (unpaired) electrons. The average molecular weight is 1090 g/mol. The summed E-state index contributed by atoms with van der Waals surface area (Å²) in [4.78, 5) is 156. The van der Waals surface area contributed by atoms with E-state index in [4.69, 9.17) is 0 Å². The van der Waals surface area contributed by atoms with Gasteiger partial charge in [0.15, 0.2) is 0 Å². The number of hydrogen-bond donors (Lipinski definition) is 9.